The van der Waals surface area contributed by atoms with Gasteiger partial charge in [0.2, 0.25) is 0 Å². The second-order valence-corrected chi connectivity index (χ2v) is 2.11. The standard InChI is InChI=1S/C5H5.C5H11.3ClH.V/c1-2-4-5-3-1;1-3-5-4-2;;;;/h1-3H,4H2;5H,3-4H2,1-2H3;3*1H;/q2*-1;;;;+2. The Labute approximate surface area is 119 Å². The number of allylic oxidation sites excluding steroid dienone is 4. The van der Waals surface area contributed by atoms with Crippen LogP contribution in [0.4, 0.5) is 0 Å². The molecule has 0 aromatic carbocycles. The number of hydrogen-bond donors (Lipinski definition) is 0. The predicted octanol–water partition coefficient (Wildman–Crippen LogP) is 4.58. The van der Waals surface area contributed by atoms with E-state index >= 15 is 0 Å². The van der Waals surface area contributed by atoms with Crippen LogP contribution in [0.15, 0.2) is 18.2 Å². The van der Waals surface area contributed by atoms with Crippen LogP contribution in [0.3, 0.4) is 0 Å². The fraction of sp³-hybridized carbons (Fsp3) is 0.500. The molecule has 0 heterocycles. The van der Waals surface area contributed by atoms with Gasteiger partial charge >= 0.3 is 18.6 Å². The molecule has 0 nitrogen and oxygen atoms in total. The van der Waals surface area contributed by atoms with Crippen LogP contribution in [0.25, 0.3) is 0 Å². The van der Waals surface area contributed by atoms with E-state index in [4.69, 9.17) is 0 Å². The second kappa shape index (κ2) is 29.2. The van der Waals surface area contributed by atoms with Crippen LogP contribution in [-0.2, 0) is 18.6 Å². The average molecular weight is 297 g/mol. The topological polar surface area (TPSA) is 0 Å². The molecular formula is C10H19Cl3V. The SMILES string of the molecule is CC[CH-]CC.Cl.Cl.Cl.[C-]1=CC=CC1.[V+2]. The Morgan fingerprint density at radius 2 is 1.64 bits per heavy atom. The largest absolute Gasteiger partial charge is 2.00 e. The van der Waals surface area contributed by atoms with Gasteiger partial charge in [0, 0.05) is 0 Å². The van der Waals surface area contributed by atoms with Crippen LogP contribution < -0.4 is 0 Å². The molecule has 0 fully saturated rings. The van der Waals surface area contributed by atoms with E-state index in [2.05, 4.69) is 32.4 Å². The molecule has 0 N–H and O–H groups in total. The van der Waals surface area contributed by atoms with E-state index in [1.807, 2.05) is 12.2 Å². The summed E-state index contributed by atoms with van der Waals surface area (Å²) in [4.78, 5) is 0. The third-order valence-corrected chi connectivity index (χ3v) is 1.16. The maximum atomic E-state index is 2.99. The summed E-state index contributed by atoms with van der Waals surface area (Å²) in [7, 11) is 0. The summed E-state index contributed by atoms with van der Waals surface area (Å²) in [6, 6.07) is 0. The maximum absolute atomic E-state index is 2.99. The van der Waals surface area contributed by atoms with Crippen molar-refractivity contribution >= 4 is 37.2 Å². The van der Waals surface area contributed by atoms with Crippen molar-refractivity contribution in [1.82, 2.24) is 0 Å². The van der Waals surface area contributed by atoms with Gasteiger partial charge in [0.05, 0.1) is 0 Å². The summed E-state index contributed by atoms with van der Waals surface area (Å²) in [5.74, 6) is 0. The molecule has 1 rings (SSSR count). The minimum absolute atomic E-state index is 0. The second-order valence-electron chi connectivity index (χ2n) is 2.11. The minimum Gasteiger partial charge on any atom is -0.329 e. The minimum atomic E-state index is 0. The van der Waals surface area contributed by atoms with Crippen molar-refractivity contribution in [3.63, 3.8) is 0 Å². The van der Waals surface area contributed by atoms with Gasteiger partial charge in [-0.2, -0.15) is 18.9 Å². The van der Waals surface area contributed by atoms with Crippen molar-refractivity contribution in [3.05, 3.63) is 30.7 Å². The van der Waals surface area contributed by atoms with Gasteiger partial charge < -0.3 is 6.42 Å². The van der Waals surface area contributed by atoms with Crippen molar-refractivity contribution in [2.24, 2.45) is 0 Å². The number of hydrogen-bond acceptors (Lipinski definition) is 0. The number of halogens is 3. The number of rotatable bonds is 2. The predicted molar refractivity (Wildman–Crippen MR) is 68.2 cm³/mol. The van der Waals surface area contributed by atoms with Crippen molar-refractivity contribution in [3.8, 4) is 0 Å². The van der Waals surface area contributed by atoms with Gasteiger partial charge in [0.1, 0.15) is 0 Å². The van der Waals surface area contributed by atoms with Gasteiger partial charge in [-0.25, -0.2) is 12.2 Å². The molecule has 4 heteroatoms. The van der Waals surface area contributed by atoms with Gasteiger partial charge in [0.15, 0.2) is 0 Å². The summed E-state index contributed by atoms with van der Waals surface area (Å²) in [6.07, 6.45) is 14.7. The van der Waals surface area contributed by atoms with E-state index in [1.165, 1.54) is 12.8 Å². The Morgan fingerprint density at radius 1 is 1.14 bits per heavy atom. The molecule has 0 bridgehead atoms. The molecule has 0 aromatic rings. The van der Waals surface area contributed by atoms with Crippen molar-refractivity contribution < 1.29 is 18.6 Å². The Bertz CT molecular complexity index is 102. The van der Waals surface area contributed by atoms with Crippen LogP contribution in [-0.4, -0.2) is 0 Å². The van der Waals surface area contributed by atoms with Gasteiger partial charge in [0.25, 0.3) is 0 Å². The molecule has 0 saturated carbocycles. The summed E-state index contributed by atoms with van der Waals surface area (Å²) >= 11 is 0. The molecule has 0 aromatic heterocycles. The third-order valence-electron chi connectivity index (χ3n) is 1.16. The molecular weight excluding hydrogens is 277 g/mol. The average Bonchev–Trinajstić information content (AvgIpc) is 2.44. The fourth-order valence-electron chi connectivity index (χ4n) is 0.629. The molecule has 1 radical (unpaired) electrons. The Morgan fingerprint density at radius 3 is 1.71 bits per heavy atom. The van der Waals surface area contributed by atoms with Gasteiger partial charge in [-0.1, -0.05) is 13.8 Å². The normalized spacial score (nSPS) is 9.29. The van der Waals surface area contributed by atoms with Crippen molar-refractivity contribution in [1.29, 1.82) is 0 Å². The smallest absolute Gasteiger partial charge is 0.329 e. The Balaban J connectivity index is -0.0000000300. The summed E-state index contributed by atoms with van der Waals surface area (Å²) < 4.78 is 0. The maximum Gasteiger partial charge on any atom is 2.00 e. The Hall–Kier alpha value is 0.934. The van der Waals surface area contributed by atoms with E-state index < -0.39 is 0 Å². The fourth-order valence-corrected chi connectivity index (χ4v) is 0.629. The quantitative estimate of drug-likeness (QED) is 0.654. The third kappa shape index (κ3) is 29.3. The van der Waals surface area contributed by atoms with Crippen molar-refractivity contribution in [2.45, 2.75) is 33.1 Å². The molecule has 0 amide bonds. The van der Waals surface area contributed by atoms with Gasteiger partial charge in [-0.15, -0.1) is 43.6 Å². The number of unbranched alkanes of at least 4 members (excludes halogenated alkanes) is 2. The van der Waals surface area contributed by atoms with Gasteiger partial charge in [-0.05, 0) is 0 Å². The summed E-state index contributed by atoms with van der Waals surface area (Å²) in [5, 5.41) is 0. The molecule has 1 aliphatic rings. The molecule has 1 aliphatic carbocycles. The van der Waals surface area contributed by atoms with E-state index in [9.17, 15) is 0 Å². The Kier molecular flexibility index (Phi) is 61.3. The first-order valence-corrected chi connectivity index (χ1v) is 3.95. The van der Waals surface area contributed by atoms with E-state index in [0.717, 1.165) is 6.42 Å². The molecule has 85 valence electrons. The molecule has 0 saturated heterocycles. The first kappa shape index (κ1) is 29.4. The zero-order valence-electron chi connectivity index (χ0n) is 8.60. The molecule has 0 atom stereocenters. The monoisotopic (exact) mass is 295 g/mol. The van der Waals surface area contributed by atoms with Gasteiger partial charge in [-0.3, -0.25) is 6.08 Å². The summed E-state index contributed by atoms with van der Waals surface area (Å²) in [5.41, 5.74) is 0. The molecule has 0 unspecified atom stereocenters. The first-order chi connectivity index (χ1) is 4.91. The molecule has 0 spiro atoms. The molecule has 0 aliphatic heterocycles. The zero-order valence-corrected chi connectivity index (χ0v) is 12.4. The van der Waals surface area contributed by atoms with E-state index in [-0.39, 0.29) is 55.8 Å². The van der Waals surface area contributed by atoms with E-state index in [1.54, 1.807) is 0 Å². The van der Waals surface area contributed by atoms with Crippen LogP contribution in [0, 0.1) is 12.5 Å². The van der Waals surface area contributed by atoms with Crippen LogP contribution >= 0.6 is 37.2 Å². The zero-order chi connectivity index (χ0) is 7.66. The first-order valence-electron chi connectivity index (χ1n) is 3.95. The van der Waals surface area contributed by atoms with Crippen LogP contribution in [0.1, 0.15) is 33.1 Å². The van der Waals surface area contributed by atoms with Crippen LogP contribution in [0.2, 0.25) is 0 Å². The summed E-state index contributed by atoms with van der Waals surface area (Å²) in [6.45, 7) is 4.31. The molecule has 14 heavy (non-hydrogen) atoms. The van der Waals surface area contributed by atoms with Crippen molar-refractivity contribution in [2.75, 3.05) is 0 Å². The van der Waals surface area contributed by atoms with E-state index in [0.29, 0.717) is 0 Å². The van der Waals surface area contributed by atoms with Crippen LogP contribution in [0.5, 0.6) is 0 Å².